The van der Waals surface area contributed by atoms with Gasteiger partial charge in [-0.15, -0.1) is 0 Å². The molecule has 0 spiro atoms. The Morgan fingerprint density at radius 2 is 2.07 bits per heavy atom. The lowest BCUT2D eigenvalue weighted by molar-refractivity contribution is -0.0657. The molecular weight excluding hydrogens is 359 g/mol. The number of halogens is 1. The van der Waals surface area contributed by atoms with E-state index < -0.39 is 0 Å². The summed E-state index contributed by atoms with van der Waals surface area (Å²) in [6, 6.07) is 6.98. The second-order valence-electron chi connectivity index (χ2n) is 7.58. The highest BCUT2D eigenvalue weighted by Crippen LogP contribution is 2.38. The van der Waals surface area contributed by atoms with Gasteiger partial charge in [0.15, 0.2) is 0 Å². The van der Waals surface area contributed by atoms with Crippen molar-refractivity contribution >= 4 is 11.2 Å². The van der Waals surface area contributed by atoms with Crippen molar-refractivity contribution in [2.75, 3.05) is 5.73 Å². The van der Waals surface area contributed by atoms with E-state index in [1.165, 1.54) is 12.3 Å². The van der Waals surface area contributed by atoms with Gasteiger partial charge < -0.3 is 10.5 Å². The van der Waals surface area contributed by atoms with Crippen LogP contribution in [0.15, 0.2) is 42.9 Å². The van der Waals surface area contributed by atoms with Gasteiger partial charge in [0.2, 0.25) is 0 Å². The molecule has 1 aliphatic rings. The zero-order valence-electron chi connectivity index (χ0n) is 15.6. The molecule has 7 nitrogen and oxygen atoms in total. The van der Waals surface area contributed by atoms with Gasteiger partial charge in [0.1, 0.15) is 11.5 Å². The zero-order valence-corrected chi connectivity index (χ0v) is 15.6. The normalized spacial score (nSPS) is 15.7. The molecule has 0 amide bonds. The van der Waals surface area contributed by atoms with Gasteiger partial charge in [-0.25, -0.2) is 8.91 Å². The Kier molecular flexibility index (Phi) is 3.54. The number of rotatable bonds is 2. The standard InChI is InChI=1S/C20H19FN6O/c1-20(2)11-27-17(10-28-20)18(19(25-27)15-4-3-13(21)8-23-15)12-5-6-26-16(7-12)14(22)9-24-26/h3-9H,10-11,22H2,1-2H3. The summed E-state index contributed by atoms with van der Waals surface area (Å²) in [5, 5.41) is 9.04. The summed E-state index contributed by atoms with van der Waals surface area (Å²) in [6.45, 7) is 5.11. The van der Waals surface area contributed by atoms with Gasteiger partial charge >= 0.3 is 0 Å². The van der Waals surface area contributed by atoms with Crippen molar-refractivity contribution in [2.45, 2.75) is 32.6 Å². The average Bonchev–Trinajstić information content (AvgIpc) is 3.21. The predicted octanol–water partition coefficient (Wildman–Crippen LogP) is 3.29. The largest absolute Gasteiger partial charge is 0.396 e. The van der Waals surface area contributed by atoms with Crippen molar-refractivity contribution in [3.05, 3.63) is 54.4 Å². The van der Waals surface area contributed by atoms with Crippen molar-refractivity contribution < 1.29 is 9.13 Å². The van der Waals surface area contributed by atoms with Gasteiger partial charge in [-0.1, -0.05) is 0 Å². The fraction of sp³-hybridized carbons (Fsp3) is 0.250. The first kappa shape index (κ1) is 16.9. The minimum absolute atomic E-state index is 0.316. The van der Waals surface area contributed by atoms with E-state index in [2.05, 4.69) is 10.1 Å². The Morgan fingerprint density at radius 1 is 1.21 bits per heavy atom. The van der Waals surface area contributed by atoms with Gasteiger partial charge in [-0.2, -0.15) is 10.2 Å². The Hall–Kier alpha value is -3.26. The van der Waals surface area contributed by atoms with Crippen LogP contribution in [0.2, 0.25) is 0 Å². The fourth-order valence-corrected chi connectivity index (χ4v) is 3.60. The summed E-state index contributed by atoms with van der Waals surface area (Å²) in [5.74, 6) is -0.382. The molecule has 0 atom stereocenters. The summed E-state index contributed by atoms with van der Waals surface area (Å²) < 4.78 is 23.1. The van der Waals surface area contributed by atoms with E-state index in [0.717, 1.165) is 22.3 Å². The highest BCUT2D eigenvalue weighted by molar-refractivity contribution is 5.85. The number of nitrogens with two attached hydrogens (primary N) is 1. The summed E-state index contributed by atoms with van der Waals surface area (Å²) in [5.41, 5.74) is 11.3. The summed E-state index contributed by atoms with van der Waals surface area (Å²) in [6.07, 6.45) is 4.69. The Balaban J connectivity index is 1.75. The third-order valence-electron chi connectivity index (χ3n) is 5.00. The lowest BCUT2D eigenvalue weighted by atomic mass is 10.00. The molecule has 0 saturated carbocycles. The predicted molar refractivity (Wildman–Crippen MR) is 103 cm³/mol. The van der Waals surface area contributed by atoms with Crippen LogP contribution in [-0.4, -0.2) is 30.0 Å². The maximum absolute atomic E-state index is 13.4. The number of aromatic nitrogens is 5. The van der Waals surface area contributed by atoms with E-state index in [4.69, 9.17) is 15.6 Å². The number of nitrogens with zero attached hydrogens (tertiary/aromatic N) is 5. The van der Waals surface area contributed by atoms with Crippen LogP contribution in [0.1, 0.15) is 19.5 Å². The third kappa shape index (κ3) is 2.65. The van der Waals surface area contributed by atoms with Crippen molar-refractivity contribution in [2.24, 2.45) is 0 Å². The quantitative estimate of drug-likeness (QED) is 0.579. The summed E-state index contributed by atoms with van der Waals surface area (Å²) >= 11 is 0. The molecule has 0 saturated heterocycles. The number of fused-ring (bicyclic) bond motifs is 2. The number of pyridine rings is 2. The Bertz CT molecular complexity index is 1190. The van der Waals surface area contributed by atoms with Crippen LogP contribution in [0, 0.1) is 5.82 Å². The monoisotopic (exact) mass is 378 g/mol. The minimum Gasteiger partial charge on any atom is -0.396 e. The average molecular weight is 378 g/mol. The van der Waals surface area contributed by atoms with Crippen LogP contribution < -0.4 is 5.73 Å². The molecular formula is C20H19FN6O. The Morgan fingerprint density at radius 3 is 2.86 bits per heavy atom. The number of anilines is 1. The van der Waals surface area contributed by atoms with Gasteiger partial charge in [-0.3, -0.25) is 9.67 Å². The van der Waals surface area contributed by atoms with Crippen LogP contribution >= 0.6 is 0 Å². The molecule has 0 aromatic carbocycles. The molecule has 8 heteroatoms. The first-order valence-corrected chi connectivity index (χ1v) is 9.00. The van der Waals surface area contributed by atoms with Crippen molar-refractivity contribution in [1.29, 1.82) is 0 Å². The molecule has 28 heavy (non-hydrogen) atoms. The topological polar surface area (TPSA) is 83.3 Å². The molecule has 5 rings (SSSR count). The number of hydrogen-bond acceptors (Lipinski definition) is 5. The second kappa shape index (κ2) is 5.87. The van der Waals surface area contributed by atoms with E-state index in [1.807, 2.05) is 36.9 Å². The van der Waals surface area contributed by atoms with Gasteiger partial charge in [0.25, 0.3) is 0 Å². The highest BCUT2D eigenvalue weighted by atomic mass is 19.1. The third-order valence-corrected chi connectivity index (χ3v) is 5.00. The highest BCUT2D eigenvalue weighted by Gasteiger charge is 2.31. The first-order valence-electron chi connectivity index (χ1n) is 9.00. The van der Waals surface area contributed by atoms with E-state index in [1.54, 1.807) is 16.8 Å². The molecule has 0 unspecified atom stereocenters. The van der Waals surface area contributed by atoms with Gasteiger partial charge in [0, 0.05) is 11.8 Å². The lowest BCUT2D eigenvalue weighted by Crippen LogP contribution is -2.36. The smallest absolute Gasteiger partial charge is 0.141 e. The SMILES string of the molecule is CC1(C)Cn2nc(-c3ccc(F)cn3)c(-c3ccn4ncc(N)c4c3)c2CO1. The lowest BCUT2D eigenvalue weighted by Gasteiger charge is -2.31. The minimum atomic E-state index is -0.382. The first-order chi connectivity index (χ1) is 13.4. The molecule has 0 fully saturated rings. The molecule has 0 aliphatic carbocycles. The van der Waals surface area contributed by atoms with Crippen molar-refractivity contribution in [1.82, 2.24) is 24.4 Å². The molecule has 1 aliphatic heterocycles. The number of hydrogen-bond donors (Lipinski definition) is 1. The summed E-state index contributed by atoms with van der Waals surface area (Å²) in [4.78, 5) is 4.25. The van der Waals surface area contributed by atoms with Gasteiger partial charge in [-0.05, 0) is 43.7 Å². The van der Waals surface area contributed by atoms with E-state index in [-0.39, 0.29) is 11.4 Å². The van der Waals surface area contributed by atoms with E-state index >= 15 is 0 Å². The van der Waals surface area contributed by atoms with Gasteiger partial charge in [0.05, 0.1) is 53.7 Å². The number of nitrogen functional groups attached to an aromatic ring is 1. The summed E-state index contributed by atoms with van der Waals surface area (Å²) in [7, 11) is 0. The molecule has 2 N–H and O–H groups in total. The van der Waals surface area contributed by atoms with Crippen LogP contribution in [0.25, 0.3) is 28.0 Å². The fourth-order valence-electron chi connectivity index (χ4n) is 3.60. The molecule has 4 aromatic heterocycles. The number of ether oxygens (including phenoxy) is 1. The maximum atomic E-state index is 13.4. The molecule has 5 heterocycles. The van der Waals surface area contributed by atoms with Crippen LogP contribution in [0.4, 0.5) is 10.1 Å². The molecule has 142 valence electrons. The van der Waals surface area contributed by atoms with Crippen molar-refractivity contribution in [3.8, 4) is 22.5 Å². The second-order valence-corrected chi connectivity index (χ2v) is 7.58. The van der Waals surface area contributed by atoms with Crippen LogP contribution in [-0.2, 0) is 17.9 Å². The van der Waals surface area contributed by atoms with E-state index in [9.17, 15) is 4.39 Å². The van der Waals surface area contributed by atoms with Crippen LogP contribution in [0.3, 0.4) is 0 Å². The zero-order chi connectivity index (χ0) is 19.5. The molecule has 4 aromatic rings. The maximum Gasteiger partial charge on any atom is 0.141 e. The molecule has 0 radical (unpaired) electrons. The van der Waals surface area contributed by atoms with Crippen LogP contribution in [0.5, 0.6) is 0 Å². The molecule has 0 bridgehead atoms. The Labute approximate surface area is 160 Å². The van der Waals surface area contributed by atoms with E-state index in [0.29, 0.717) is 30.2 Å². The van der Waals surface area contributed by atoms with Crippen molar-refractivity contribution in [3.63, 3.8) is 0 Å².